The highest BCUT2D eigenvalue weighted by Gasteiger charge is 2.14. The molecule has 5 nitrogen and oxygen atoms in total. The lowest BCUT2D eigenvalue weighted by Gasteiger charge is -2.18. The molecule has 1 unspecified atom stereocenters. The predicted octanol–water partition coefficient (Wildman–Crippen LogP) is 2.07. The Hall–Kier alpha value is -1.62. The molecule has 0 aliphatic rings. The van der Waals surface area contributed by atoms with Crippen molar-refractivity contribution in [3.63, 3.8) is 0 Å². The van der Waals surface area contributed by atoms with Crippen LogP contribution in [0, 0.1) is 0 Å². The number of nitrogens with two attached hydrogens (primary N) is 1. The van der Waals surface area contributed by atoms with E-state index in [-0.39, 0.29) is 0 Å². The molecule has 2 N–H and O–H groups in total. The molecule has 18 heavy (non-hydrogen) atoms. The van der Waals surface area contributed by atoms with Gasteiger partial charge in [-0.3, -0.25) is 4.68 Å². The summed E-state index contributed by atoms with van der Waals surface area (Å²) in [5.41, 5.74) is 8.06. The zero-order chi connectivity index (χ0) is 13.0. The highest BCUT2D eigenvalue weighted by atomic mass is 15.3. The molecule has 2 aromatic heterocycles. The average Bonchev–Trinajstić information content (AvgIpc) is 3.03. The van der Waals surface area contributed by atoms with Crippen molar-refractivity contribution in [1.29, 1.82) is 0 Å². The van der Waals surface area contributed by atoms with E-state index >= 15 is 0 Å². The molecular formula is C13H21N5. The molecular weight excluding hydrogens is 226 g/mol. The molecule has 0 aliphatic heterocycles. The normalized spacial score (nSPS) is 12.8. The lowest BCUT2D eigenvalue weighted by Crippen LogP contribution is -2.19. The number of aryl methyl sites for hydroxylation is 1. The summed E-state index contributed by atoms with van der Waals surface area (Å²) >= 11 is 0. The minimum absolute atomic E-state index is 0.317. The fourth-order valence-corrected chi connectivity index (χ4v) is 2.19. The Morgan fingerprint density at radius 3 is 2.78 bits per heavy atom. The first-order valence-corrected chi connectivity index (χ1v) is 6.54. The monoisotopic (exact) mass is 247 g/mol. The first-order valence-electron chi connectivity index (χ1n) is 6.54. The van der Waals surface area contributed by atoms with Crippen LogP contribution in [0.2, 0.25) is 0 Å². The van der Waals surface area contributed by atoms with Crippen molar-refractivity contribution in [2.45, 2.75) is 39.3 Å². The van der Waals surface area contributed by atoms with Crippen molar-refractivity contribution >= 4 is 0 Å². The summed E-state index contributed by atoms with van der Waals surface area (Å²) in [6.07, 6.45) is 9.88. The van der Waals surface area contributed by atoms with Crippen molar-refractivity contribution in [2.24, 2.45) is 5.73 Å². The van der Waals surface area contributed by atoms with Crippen LogP contribution in [0.15, 0.2) is 24.9 Å². The molecule has 0 fully saturated rings. The molecule has 2 heterocycles. The highest BCUT2D eigenvalue weighted by Crippen LogP contribution is 2.23. The second-order valence-electron chi connectivity index (χ2n) is 4.45. The van der Waals surface area contributed by atoms with Crippen molar-refractivity contribution in [3.8, 4) is 11.3 Å². The Labute approximate surface area is 108 Å². The first-order chi connectivity index (χ1) is 8.80. The zero-order valence-electron chi connectivity index (χ0n) is 11.1. The van der Waals surface area contributed by atoms with Gasteiger partial charge in [-0.25, -0.2) is 4.98 Å². The van der Waals surface area contributed by atoms with Gasteiger partial charge in [0, 0.05) is 30.9 Å². The van der Waals surface area contributed by atoms with Crippen LogP contribution in [0.3, 0.4) is 0 Å². The van der Waals surface area contributed by atoms with Crippen LogP contribution in [0.1, 0.15) is 32.7 Å². The summed E-state index contributed by atoms with van der Waals surface area (Å²) < 4.78 is 4.09. The van der Waals surface area contributed by atoms with Gasteiger partial charge in [0.1, 0.15) is 0 Å². The molecule has 0 saturated heterocycles. The average molecular weight is 247 g/mol. The van der Waals surface area contributed by atoms with Crippen LogP contribution in [0.5, 0.6) is 0 Å². The first kappa shape index (κ1) is 12.8. The maximum Gasteiger partial charge on any atom is 0.0954 e. The Bertz CT molecular complexity index is 485. The fourth-order valence-electron chi connectivity index (χ4n) is 2.19. The SMILES string of the molecule is CCCC(CN)n1cncc1-c1cnn(CC)c1. The lowest BCUT2D eigenvalue weighted by molar-refractivity contribution is 0.473. The quantitative estimate of drug-likeness (QED) is 0.850. The van der Waals surface area contributed by atoms with Crippen LogP contribution >= 0.6 is 0 Å². The minimum atomic E-state index is 0.317. The lowest BCUT2D eigenvalue weighted by atomic mass is 10.1. The molecule has 0 bridgehead atoms. The third-order valence-corrected chi connectivity index (χ3v) is 3.21. The predicted molar refractivity (Wildman–Crippen MR) is 72.1 cm³/mol. The Morgan fingerprint density at radius 1 is 1.33 bits per heavy atom. The molecule has 0 aliphatic carbocycles. The van der Waals surface area contributed by atoms with E-state index in [1.165, 1.54) is 0 Å². The second-order valence-corrected chi connectivity index (χ2v) is 4.45. The van der Waals surface area contributed by atoms with Gasteiger partial charge in [-0.2, -0.15) is 5.10 Å². The smallest absolute Gasteiger partial charge is 0.0954 e. The molecule has 0 spiro atoms. The van der Waals surface area contributed by atoms with Gasteiger partial charge in [-0.1, -0.05) is 13.3 Å². The molecule has 2 aromatic rings. The van der Waals surface area contributed by atoms with E-state index in [0.29, 0.717) is 12.6 Å². The van der Waals surface area contributed by atoms with Crippen molar-refractivity contribution < 1.29 is 0 Å². The van der Waals surface area contributed by atoms with Gasteiger partial charge in [0.15, 0.2) is 0 Å². The van der Waals surface area contributed by atoms with E-state index in [2.05, 4.69) is 28.5 Å². The Kier molecular flexibility index (Phi) is 4.15. The van der Waals surface area contributed by atoms with Crippen LogP contribution in [-0.4, -0.2) is 25.9 Å². The van der Waals surface area contributed by atoms with E-state index in [1.54, 1.807) is 0 Å². The van der Waals surface area contributed by atoms with Gasteiger partial charge in [0.05, 0.1) is 24.4 Å². The van der Waals surface area contributed by atoms with E-state index in [9.17, 15) is 0 Å². The second kappa shape index (κ2) is 5.82. The van der Waals surface area contributed by atoms with Gasteiger partial charge in [-0.15, -0.1) is 0 Å². The highest BCUT2D eigenvalue weighted by molar-refractivity contribution is 5.56. The molecule has 0 saturated carbocycles. The zero-order valence-corrected chi connectivity index (χ0v) is 11.1. The van der Waals surface area contributed by atoms with Crippen molar-refractivity contribution in [2.75, 3.05) is 6.54 Å². The van der Waals surface area contributed by atoms with Gasteiger partial charge >= 0.3 is 0 Å². The molecule has 1 atom stereocenters. The summed E-state index contributed by atoms with van der Waals surface area (Å²) in [5, 5.41) is 4.31. The van der Waals surface area contributed by atoms with Crippen LogP contribution in [0.4, 0.5) is 0 Å². The fraction of sp³-hybridized carbons (Fsp3) is 0.538. The van der Waals surface area contributed by atoms with Crippen LogP contribution < -0.4 is 5.73 Å². The number of hydrogen-bond acceptors (Lipinski definition) is 3. The van der Waals surface area contributed by atoms with Crippen molar-refractivity contribution in [1.82, 2.24) is 19.3 Å². The third kappa shape index (κ3) is 2.46. The summed E-state index contributed by atoms with van der Waals surface area (Å²) in [5.74, 6) is 0. The van der Waals surface area contributed by atoms with E-state index < -0.39 is 0 Å². The number of aromatic nitrogens is 4. The summed E-state index contributed by atoms with van der Waals surface area (Å²) in [6, 6.07) is 0.317. The van der Waals surface area contributed by atoms with E-state index in [0.717, 1.165) is 30.6 Å². The summed E-state index contributed by atoms with van der Waals surface area (Å²) in [4.78, 5) is 4.26. The topological polar surface area (TPSA) is 61.7 Å². The van der Waals surface area contributed by atoms with Gasteiger partial charge in [0.2, 0.25) is 0 Å². The minimum Gasteiger partial charge on any atom is -0.328 e. The van der Waals surface area contributed by atoms with Crippen LogP contribution in [-0.2, 0) is 6.54 Å². The Balaban J connectivity index is 2.31. The summed E-state index contributed by atoms with van der Waals surface area (Å²) in [7, 11) is 0. The van der Waals surface area contributed by atoms with Crippen molar-refractivity contribution in [3.05, 3.63) is 24.9 Å². The molecule has 0 aromatic carbocycles. The number of imidazole rings is 1. The maximum absolute atomic E-state index is 5.86. The standard InChI is InChI=1S/C13H21N5/c1-3-5-12(6-14)18-10-15-8-13(18)11-7-16-17(4-2)9-11/h7-10,12H,3-6,14H2,1-2H3. The van der Waals surface area contributed by atoms with Gasteiger partial charge < -0.3 is 10.3 Å². The molecule has 5 heteroatoms. The third-order valence-electron chi connectivity index (χ3n) is 3.21. The summed E-state index contributed by atoms with van der Waals surface area (Å²) in [6.45, 7) is 5.77. The number of nitrogens with zero attached hydrogens (tertiary/aromatic N) is 4. The largest absolute Gasteiger partial charge is 0.328 e. The van der Waals surface area contributed by atoms with Gasteiger partial charge in [-0.05, 0) is 13.3 Å². The number of hydrogen-bond donors (Lipinski definition) is 1. The number of rotatable bonds is 6. The Morgan fingerprint density at radius 2 is 2.17 bits per heavy atom. The maximum atomic E-state index is 5.86. The van der Waals surface area contributed by atoms with Gasteiger partial charge in [0.25, 0.3) is 0 Å². The molecule has 0 radical (unpaired) electrons. The van der Waals surface area contributed by atoms with E-state index in [1.807, 2.05) is 29.6 Å². The van der Waals surface area contributed by atoms with Crippen LogP contribution in [0.25, 0.3) is 11.3 Å². The molecule has 2 rings (SSSR count). The van der Waals surface area contributed by atoms with E-state index in [4.69, 9.17) is 5.73 Å². The molecule has 98 valence electrons. The molecule has 0 amide bonds.